The maximum atomic E-state index is 13.7. The zero-order valence-corrected chi connectivity index (χ0v) is 11.7. The van der Waals surface area contributed by atoms with E-state index in [-0.39, 0.29) is 5.56 Å². The van der Waals surface area contributed by atoms with Gasteiger partial charge in [0.15, 0.2) is 0 Å². The molecule has 0 saturated carbocycles. The molecule has 0 heterocycles. The SMILES string of the molecule is CCc1ccc(C(=O)NOC(C)(C)COC)c(F)c1. The summed E-state index contributed by atoms with van der Waals surface area (Å²) in [5, 5.41) is 0. The summed E-state index contributed by atoms with van der Waals surface area (Å²) in [5.74, 6) is -1.16. The van der Waals surface area contributed by atoms with Crippen molar-refractivity contribution in [3.63, 3.8) is 0 Å². The number of ether oxygens (including phenoxy) is 1. The van der Waals surface area contributed by atoms with Gasteiger partial charge in [-0.05, 0) is 38.0 Å². The van der Waals surface area contributed by atoms with Crippen molar-refractivity contribution in [3.05, 3.63) is 35.1 Å². The third-order valence-corrected chi connectivity index (χ3v) is 2.60. The van der Waals surface area contributed by atoms with Crippen LogP contribution in [0, 0.1) is 5.82 Å². The maximum absolute atomic E-state index is 13.7. The lowest BCUT2D eigenvalue weighted by Gasteiger charge is -2.23. The van der Waals surface area contributed by atoms with Crippen LogP contribution in [-0.2, 0) is 16.0 Å². The van der Waals surface area contributed by atoms with Crippen LogP contribution in [0.1, 0.15) is 36.7 Å². The van der Waals surface area contributed by atoms with Gasteiger partial charge in [0.1, 0.15) is 11.4 Å². The Bertz CT molecular complexity index is 446. The maximum Gasteiger partial charge on any atom is 0.277 e. The van der Waals surface area contributed by atoms with Gasteiger partial charge in [0.2, 0.25) is 0 Å². The van der Waals surface area contributed by atoms with E-state index in [9.17, 15) is 9.18 Å². The molecule has 0 aliphatic rings. The van der Waals surface area contributed by atoms with Crippen molar-refractivity contribution in [1.82, 2.24) is 5.48 Å². The Morgan fingerprint density at radius 2 is 2.11 bits per heavy atom. The number of halogens is 1. The minimum absolute atomic E-state index is 0.0367. The van der Waals surface area contributed by atoms with Crippen molar-refractivity contribution < 1.29 is 18.8 Å². The van der Waals surface area contributed by atoms with Crippen LogP contribution in [0.4, 0.5) is 4.39 Å². The van der Waals surface area contributed by atoms with Crippen LogP contribution in [0.15, 0.2) is 18.2 Å². The van der Waals surface area contributed by atoms with E-state index in [0.29, 0.717) is 6.61 Å². The van der Waals surface area contributed by atoms with Crippen molar-refractivity contribution >= 4 is 5.91 Å². The molecule has 0 saturated heterocycles. The molecule has 0 aliphatic carbocycles. The summed E-state index contributed by atoms with van der Waals surface area (Å²) in [6.45, 7) is 5.75. The van der Waals surface area contributed by atoms with Gasteiger partial charge in [0, 0.05) is 7.11 Å². The van der Waals surface area contributed by atoms with Gasteiger partial charge in [-0.2, -0.15) is 0 Å². The summed E-state index contributed by atoms with van der Waals surface area (Å²) >= 11 is 0. The third kappa shape index (κ3) is 4.61. The van der Waals surface area contributed by atoms with Crippen LogP contribution in [0.3, 0.4) is 0 Å². The number of hydrogen-bond donors (Lipinski definition) is 1. The molecule has 1 aromatic carbocycles. The monoisotopic (exact) mass is 269 g/mol. The highest BCUT2D eigenvalue weighted by Crippen LogP contribution is 2.12. The van der Waals surface area contributed by atoms with E-state index in [1.54, 1.807) is 19.9 Å². The smallest absolute Gasteiger partial charge is 0.277 e. The van der Waals surface area contributed by atoms with Crippen LogP contribution >= 0.6 is 0 Å². The van der Waals surface area contributed by atoms with E-state index in [2.05, 4.69) is 5.48 Å². The molecule has 0 aromatic heterocycles. The van der Waals surface area contributed by atoms with Crippen molar-refractivity contribution in [2.75, 3.05) is 13.7 Å². The fourth-order valence-electron chi connectivity index (χ4n) is 1.58. The second-order valence-corrected chi connectivity index (χ2v) is 4.89. The number of carbonyl (C=O) groups excluding carboxylic acids is 1. The van der Waals surface area contributed by atoms with Crippen LogP contribution in [0.5, 0.6) is 0 Å². The molecule has 0 radical (unpaired) electrons. The topological polar surface area (TPSA) is 47.6 Å². The molecule has 19 heavy (non-hydrogen) atoms. The lowest BCUT2D eigenvalue weighted by atomic mass is 10.1. The number of benzene rings is 1. The van der Waals surface area contributed by atoms with Crippen LogP contribution in [-0.4, -0.2) is 25.2 Å². The molecule has 0 spiro atoms. The predicted molar refractivity (Wildman–Crippen MR) is 70.3 cm³/mol. The lowest BCUT2D eigenvalue weighted by molar-refractivity contribution is -0.103. The summed E-state index contributed by atoms with van der Waals surface area (Å²) < 4.78 is 18.7. The van der Waals surface area contributed by atoms with Gasteiger partial charge in [0.05, 0.1) is 12.2 Å². The Hall–Kier alpha value is -1.46. The summed E-state index contributed by atoms with van der Waals surface area (Å²) in [4.78, 5) is 17.0. The van der Waals surface area contributed by atoms with Crippen LogP contribution in [0.2, 0.25) is 0 Å². The fourth-order valence-corrected chi connectivity index (χ4v) is 1.58. The zero-order chi connectivity index (χ0) is 14.5. The van der Waals surface area contributed by atoms with Crippen molar-refractivity contribution in [2.24, 2.45) is 0 Å². The molecule has 0 atom stereocenters. The Balaban J connectivity index is 2.68. The molecule has 1 aromatic rings. The largest absolute Gasteiger partial charge is 0.382 e. The van der Waals surface area contributed by atoms with Gasteiger partial charge in [-0.3, -0.25) is 9.63 Å². The first-order chi connectivity index (χ1) is 8.89. The second-order valence-electron chi connectivity index (χ2n) is 4.89. The molecule has 0 fully saturated rings. The van der Waals surface area contributed by atoms with Crippen LogP contribution < -0.4 is 5.48 Å². The average molecular weight is 269 g/mol. The lowest BCUT2D eigenvalue weighted by Crippen LogP contribution is -2.39. The standard InChI is InChI=1S/C14H20FNO3/c1-5-10-6-7-11(12(15)8-10)13(17)16-19-14(2,3)9-18-4/h6-8H,5,9H2,1-4H3,(H,16,17). The summed E-state index contributed by atoms with van der Waals surface area (Å²) in [7, 11) is 1.54. The highest BCUT2D eigenvalue weighted by atomic mass is 19.1. The zero-order valence-electron chi connectivity index (χ0n) is 11.7. The molecule has 1 N–H and O–H groups in total. The number of hydrogen-bond acceptors (Lipinski definition) is 3. The average Bonchev–Trinajstić information content (AvgIpc) is 2.36. The van der Waals surface area contributed by atoms with E-state index in [0.717, 1.165) is 12.0 Å². The molecule has 106 valence electrons. The number of carbonyl (C=O) groups is 1. The highest BCUT2D eigenvalue weighted by Gasteiger charge is 2.21. The third-order valence-electron chi connectivity index (χ3n) is 2.60. The molecule has 1 rings (SSSR count). The number of aryl methyl sites for hydroxylation is 1. The van der Waals surface area contributed by atoms with Gasteiger partial charge in [-0.1, -0.05) is 13.0 Å². The van der Waals surface area contributed by atoms with Crippen molar-refractivity contribution in [2.45, 2.75) is 32.8 Å². The van der Waals surface area contributed by atoms with E-state index in [1.807, 2.05) is 6.92 Å². The summed E-state index contributed by atoms with van der Waals surface area (Å²) in [6.07, 6.45) is 0.718. The van der Waals surface area contributed by atoms with Crippen molar-refractivity contribution in [3.8, 4) is 0 Å². The quantitative estimate of drug-likeness (QED) is 0.807. The van der Waals surface area contributed by atoms with Gasteiger partial charge >= 0.3 is 0 Å². The Morgan fingerprint density at radius 3 is 2.63 bits per heavy atom. The first-order valence-electron chi connectivity index (χ1n) is 6.15. The summed E-state index contributed by atoms with van der Waals surface area (Å²) in [6, 6.07) is 4.53. The van der Waals surface area contributed by atoms with Crippen molar-refractivity contribution in [1.29, 1.82) is 0 Å². The number of amides is 1. The summed E-state index contributed by atoms with van der Waals surface area (Å²) in [5.41, 5.74) is 2.37. The second kappa shape index (κ2) is 6.63. The molecule has 0 unspecified atom stereocenters. The van der Waals surface area contributed by atoms with Gasteiger partial charge in [-0.15, -0.1) is 0 Å². The molecule has 0 bridgehead atoms. The van der Waals surface area contributed by atoms with Crippen LogP contribution in [0.25, 0.3) is 0 Å². The first kappa shape index (κ1) is 15.6. The van der Waals surface area contributed by atoms with Gasteiger partial charge < -0.3 is 4.74 Å². The molecular weight excluding hydrogens is 249 g/mol. The predicted octanol–water partition coefficient (Wildman–Crippen LogP) is 2.47. The number of rotatable bonds is 6. The van der Waals surface area contributed by atoms with E-state index in [1.165, 1.54) is 19.2 Å². The Labute approximate surface area is 112 Å². The molecule has 0 aliphatic heterocycles. The van der Waals surface area contributed by atoms with E-state index < -0.39 is 17.3 Å². The van der Waals surface area contributed by atoms with E-state index >= 15 is 0 Å². The van der Waals surface area contributed by atoms with E-state index in [4.69, 9.17) is 9.57 Å². The molecule has 5 heteroatoms. The Morgan fingerprint density at radius 1 is 1.42 bits per heavy atom. The first-order valence-corrected chi connectivity index (χ1v) is 6.15. The molecular formula is C14H20FNO3. The Kier molecular flexibility index (Phi) is 5.44. The minimum atomic E-state index is -0.676. The number of nitrogens with one attached hydrogen (secondary N) is 1. The highest BCUT2D eigenvalue weighted by molar-refractivity contribution is 5.93. The number of hydroxylamine groups is 1. The van der Waals surface area contributed by atoms with Gasteiger partial charge in [0.25, 0.3) is 5.91 Å². The molecule has 1 amide bonds. The molecule has 4 nitrogen and oxygen atoms in total. The normalized spacial score (nSPS) is 11.4. The van der Waals surface area contributed by atoms with Gasteiger partial charge in [-0.25, -0.2) is 9.87 Å². The number of methoxy groups -OCH3 is 1. The fraction of sp³-hybridized carbons (Fsp3) is 0.500. The minimum Gasteiger partial charge on any atom is -0.382 e.